The van der Waals surface area contributed by atoms with Gasteiger partial charge in [-0.3, -0.25) is 9.59 Å². The zero-order chi connectivity index (χ0) is 26.7. The van der Waals surface area contributed by atoms with E-state index in [-0.39, 0.29) is 46.0 Å². The monoisotopic (exact) mass is 521 g/mol. The quantitative estimate of drug-likeness (QED) is 0.366. The van der Waals surface area contributed by atoms with Crippen molar-refractivity contribution in [3.63, 3.8) is 0 Å². The Morgan fingerprint density at radius 2 is 1.89 bits per heavy atom. The fourth-order valence-corrected chi connectivity index (χ4v) is 9.70. The Balaban J connectivity index is 1.66. The van der Waals surface area contributed by atoms with Crippen LogP contribution in [0, 0.1) is 33.5 Å². The predicted octanol–water partition coefficient (Wildman–Crippen LogP) is 4.26. The number of aliphatic hydroxyl groups is 2. The first-order valence-corrected chi connectivity index (χ1v) is 14.9. The lowest BCUT2D eigenvalue weighted by molar-refractivity contribution is -0.227. The van der Waals surface area contributed by atoms with Crippen LogP contribution in [0.3, 0.4) is 0 Å². The van der Waals surface area contributed by atoms with Crippen molar-refractivity contribution in [2.24, 2.45) is 39.2 Å². The normalized spacial score (nSPS) is 48.4. The number of carbonyl (C=O) groups is 2. The highest BCUT2D eigenvalue weighted by atomic mass is 32.2. The highest BCUT2D eigenvalue weighted by Gasteiger charge is 2.71. The lowest BCUT2D eigenvalue weighted by Gasteiger charge is -2.65. The summed E-state index contributed by atoms with van der Waals surface area (Å²) in [5, 5.41) is 22.3. The van der Waals surface area contributed by atoms with E-state index in [2.05, 4.69) is 34.3 Å². The zero-order valence-electron chi connectivity index (χ0n) is 22.8. The van der Waals surface area contributed by atoms with Gasteiger partial charge in [0.2, 0.25) is 0 Å². The molecule has 2 bridgehead atoms. The Labute approximate surface area is 221 Å². The zero-order valence-corrected chi connectivity index (χ0v) is 23.6. The third kappa shape index (κ3) is 4.20. The molecule has 0 amide bonds. The first-order chi connectivity index (χ1) is 16.7. The van der Waals surface area contributed by atoms with Crippen molar-refractivity contribution in [3.05, 3.63) is 12.7 Å². The van der Waals surface area contributed by atoms with Gasteiger partial charge < -0.3 is 20.7 Å². The molecule has 4 rings (SSSR count). The molecular formula is C29H47NO5S. The number of esters is 1. The number of carbonyl (C=O) groups excluding carboxylic acids is 2. The van der Waals surface area contributed by atoms with Gasteiger partial charge in [-0.05, 0) is 61.7 Å². The molecule has 0 aromatic rings. The van der Waals surface area contributed by atoms with E-state index >= 15 is 0 Å². The van der Waals surface area contributed by atoms with Crippen LogP contribution >= 0.6 is 11.8 Å². The maximum Gasteiger partial charge on any atom is 0.316 e. The molecule has 0 heterocycles. The Bertz CT molecular complexity index is 893. The van der Waals surface area contributed by atoms with Gasteiger partial charge in [0.15, 0.2) is 0 Å². The van der Waals surface area contributed by atoms with Gasteiger partial charge in [-0.25, -0.2) is 0 Å². The minimum atomic E-state index is -0.717. The molecule has 0 aromatic heterocycles. The molecule has 2 unspecified atom stereocenters. The molecule has 4 fully saturated rings. The number of hydrogen-bond donors (Lipinski definition) is 3. The van der Waals surface area contributed by atoms with Gasteiger partial charge in [-0.15, -0.1) is 18.3 Å². The smallest absolute Gasteiger partial charge is 0.316 e. The van der Waals surface area contributed by atoms with E-state index in [1.165, 1.54) is 11.8 Å². The second kappa shape index (κ2) is 9.69. The molecule has 4 N–H and O–H groups in total. The molecule has 0 aromatic carbocycles. The van der Waals surface area contributed by atoms with Crippen molar-refractivity contribution < 1.29 is 24.5 Å². The second-order valence-corrected chi connectivity index (χ2v) is 14.6. The van der Waals surface area contributed by atoms with E-state index in [0.29, 0.717) is 19.3 Å². The maximum absolute atomic E-state index is 13.6. The van der Waals surface area contributed by atoms with Crippen LogP contribution in [0.2, 0.25) is 0 Å². The highest BCUT2D eigenvalue weighted by molar-refractivity contribution is 8.00. The van der Waals surface area contributed by atoms with Gasteiger partial charge in [-0.2, -0.15) is 0 Å². The Hall–Kier alpha value is -0.890. The number of hydrogen-bond acceptors (Lipinski definition) is 7. The van der Waals surface area contributed by atoms with Crippen LogP contribution in [0.1, 0.15) is 86.0 Å². The van der Waals surface area contributed by atoms with Gasteiger partial charge in [0.1, 0.15) is 11.9 Å². The summed E-state index contributed by atoms with van der Waals surface area (Å²) in [6, 6.07) is 0.0166. The van der Waals surface area contributed by atoms with Crippen molar-refractivity contribution in [1.29, 1.82) is 0 Å². The summed E-state index contributed by atoms with van der Waals surface area (Å²) in [5.41, 5.74) is 3.96. The highest BCUT2D eigenvalue weighted by Crippen LogP contribution is 2.71. The minimum absolute atomic E-state index is 0.0166. The van der Waals surface area contributed by atoms with E-state index in [4.69, 9.17) is 10.5 Å². The molecule has 0 spiro atoms. The summed E-state index contributed by atoms with van der Waals surface area (Å²) < 4.78 is 6.32. The summed E-state index contributed by atoms with van der Waals surface area (Å²) >= 11 is 1.44. The third-order valence-corrected chi connectivity index (χ3v) is 12.6. The van der Waals surface area contributed by atoms with Crippen LogP contribution in [-0.4, -0.2) is 57.3 Å². The number of ether oxygens (including phenoxy) is 1. The molecule has 204 valence electrons. The van der Waals surface area contributed by atoms with Crippen molar-refractivity contribution in [2.75, 3.05) is 5.75 Å². The van der Waals surface area contributed by atoms with E-state index in [1.807, 2.05) is 13.0 Å². The van der Waals surface area contributed by atoms with Gasteiger partial charge in [0.25, 0.3) is 0 Å². The summed E-state index contributed by atoms with van der Waals surface area (Å²) in [6.45, 7) is 14.7. The largest absolute Gasteiger partial charge is 0.461 e. The van der Waals surface area contributed by atoms with Crippen LogP contribution in [0.5, 0.6) is 0 Å². The average Bonchev–Trinajstić information content (AvgIpc) is 3.18. The number of ketones is 1. The summed E-state index contributed by atoms with van der Waals surface area (Å²) in [6.07, 6.45) is 5.84. The average molecular weight is 522 g/mol. The SMILES string of the molecule is C=C[C@]1(C)C[C@@H](OC(=O)CS[C@@H]2CC[C@@H](N)C[C@H]2O)[C@]2(C)C(C)CC[C@]3(CCC(=O)C23)C(C)(C)[C@@H]1O. The molecule has 0 saturated heterocycles. The van der Waals surface area contributed by atoms with Gasteiger partial charge in [-0.1, -0.05) is 40.7 Å². The lowest BCUT2D eigenvalue weighted by atomic mass is 9.40. The number of aliphatic hydroxyl groups excluding tert-OH is 2. The van der Waals surface area contributed by atoms with E-state index in [0.717, 1.165) is 32.1 Å². The standard InChI is InChI=1S/C29H47NO5S/c1-7-27(5)15-22(35-23(33)16-36-21-9-8-18(30)14-20(21)32)28(6)17(2)10-12-29(26(3,4)25(27)34)13-11-19(31)24(28)29/h7,17-18,20-22,24-25,32,34H,1,8-16,30H2,2-6H3/t17?,18-,20-,21-,22-,24?,25+,27-,28+,29-/m1/s1. The molecular weight excluding hydrogens is 474 g/mol. The summed E-state index contributed by atoms with van der Waals surface area (Å²) in [7, 11) is 0. The fourth-order valence-electron chi connectivity index (χ4n) is 8.65. The number of thioether (sulfide) groups is 1. The first-order valence-electron chi connectivity index (χ1n) is 13.8. The second-order valence-electron chi connectivity index (χ2n) is 13.4. The number of Topliss-reactive ketones (excluding diaryl/α,β-unsaturated/α-hetero) is 1. The van der Waals surface area contributed by atoms with E-state index in [9.17, 15) is 19.8 Å². The Morgan fingerprint density at radius 3 is 2.53 bits per heavy atom. The van der Waals surface area contributed by atoms with Gasteiger partial charge >= 0.3 is 5.97 Å². The topological polar surface area (TPSA) is 110 Å². The molecule has 7 heteroatoms. The van der Waals surface area contributed by atoms with Crippen molar-refractivity contribution in [1.82, 2.24) is 0 Å². The lowest BCUT2D eigenvalue weighted by Crippen LogP contribution is -2.66. The van der Waals surface area contributed by atoms with Crippen LogP contribution in [0.15, 0.2) is 12.7 Å². The van der Waals surface area contributed by atoms with Crippen molar-refractivity contribution in [2.45, 2.75) is 116 Å². The molecule has 4 aliphatic carbocycles. The Morgan fingerprint density at radius 1 is 1.19 bits per heavy atom. The molecule has 4 saturated carbocycles. The van der Waals surface area contributed by atoms with Crippen LogP contribution in [-0.2, 0) is 14.3 Å². The first kappa shape index (κ1) is 28.1. The van der Waals surface area contributed by atoms with E-state index < -0.39 is 34.6 Å². The minimum Gasteiger partial charge on any atom is -0.461 e. The summed E-state index contributed by atoms with van der Waals surface area (Å²) in [5.74, 6) is 0.0387. The maximum atomic E-state index is 13.6. The van der Waals surface area contributed by atoms with Crippen LogP contribution in [0.4, 0.5) is 0 Å². The third-order valence-electron chi connectivity index (χ3n) is 11.3. The molecule has 0 radical (unpaired) electrons. The van der Waals surface area contributed by atoms with Crippen molar-refractivity contribution in [3.8, 4) is 0 Å². The number of rotatable bonds is 5. The molecule has 0 aliphatic heterocycles. The van der Waals surface area contributed by atoms with E-state index in [1.54, 1.807) is 0 Å². The van der Waals surface area contributed by atoms with Gasteiger partial charge in [0.05, 0.1) is 18.0 Å². The molecule has 6 nitrogen and oxygen atoms in total. The predicted molar refractivity (Wildman–Crippen MR) is 143 cm³/mol. The molecule has 36 heavy (non-hydrogen) atoms. The number of nitrogens with two attached hydrogens (primary N) is 1. The summed E-state index contributed by atoms with van der Waals surface area (Å²) in [4.78, 5) is 26.9. The van der Waals surface area contributed by atoms with Crippen molar-refractivity contribution >= 4 is 23.5 Å². The molecule has 4 aliphatic rings. The van der Waals surface area contributed by atoms with Gasteiger partial charge in [0, 0.05) is 34.5 Å². The van der Waals surface area contributed by atoms with Crippen LogP contribution < -0.4 is 5.73 Å². The van der Waals surface area contributed by atoms with Crippen LogP contribution in [0.25, 0.3) is 0 Å². The Kier molecular flexibility index (Phi) is 7.57. The molecule has 10 atom stereocenters. The fraction of sp³-hybridized carbons (Fsp3) is 0.862.